The average molecular weight is 327 g/mol. The van der Waals surface area contributed by atoms with E-state index in [4.69, 9.17) is 4.74 Å². The number of likely N-dealkylation sites (tertiary alicyclic amines) is 1. The predicted molar refractivity (Wildman–Crippen MR) is 92.8 cm³/mol. The first-order valence-corrected chi connectivity index (χ1v) is 8.58. The summed E-state index contributed by atoms with van der Waals surface area (Å²) in [5, 5.41) is 4.24. The van der Waals surface area contributed by atoms with Crippen molar-refractivity contribution < 1.29 is 9.53 Å². The van der Waals surface area contributed by atoms with Crippen LogP contribution in [0.3, 0.4) is 0 Å². The Hall–Kier alpha value is -2.30. The minimum atomic E-state index is 0.201. The van der Waals surface area contributed by atoms with Gasteiger partial charge in [0.25, 0.3) is 0 Å². The molecule has 1 atom stereocenters. The molecular formula is C19H25N3O2. The molecule has 1 aromatic heterocycles. The standard InChI is InChI=1S/C19H25N3O2/c1-21-14-16(13-20-21)18-6-4-12-22(18)19(23)7-3-5-15-8-10-17(24-2)11-9-15/h8-11,13-14,18H,3-7,12H2,1-2H3/t18-/m0/s1. The smallest absolute Gasteiger partial charge is 0.223 e. The summed E-state index contributed by atoms with van der Waals surface area (Å²) in [6.45, 7) is 0.862. The second-order valence-electron chi connectivity index (χ2n) is 6.39. The van der Waals surface area contributed by atoms with Crippen molar-refractivity contribution >= 4 is 5.91 Å². The summed E-state index contributed by atoms with van der Waals surface area (Å²) in [4.78, 5) is 14.6. The van der Waals surface area contributed by atoms with Crippen LogP contribution in [0.1, 0.15) is 42.9 Å². The van der Waals surface area contributed by atoms with Gasteiger partial charge in [0.1, 0.15) is 5.75 Å². The number of aromatic nitrogens is 2. The van der Waals surface area contributed by atoms with E-state index in [0.717, 1.165) is 43.5 Å². The summed E-state index contributed by atoms with van der Waals surface area (Å²) < 4.78 is 6.97. The van der Waals surface area contributed by atoms with E-state index in [1.165, 1.54) is 5.56 Å². The largest absolute Gasteiger partial charge is 0.497 e. The Bertz CT molecular complexity index is 678. The minimum Gasteiger partial charge on any atom is -0.497 e. The molecule has 1 fully saturated rings. The van der Waals surface area contributed by atoms with E-state index in [1.54, 1.807) is 11.8 Å². The number of carbonyl (C=O) groups excluding carboxylic acids is 1. The summed E-state index contributed by atoms with van der Waals surface area (Å²) in [5.74, 6) is 1.13. The summed E-state index contributed by atoms with van der Waals surface area (Å²) in [6.07, 6.45) is 8.41. The lowest BCUT2D eigenvalue weighted by Crippen LogP contribution is -2.30. The molecule has 5 nitrogen and oxygen atoms in total. The molecule has 0 N–H and O–H groups in total. The number of hydrogen-bond donors (Lipinski definition) is 0. The van der Waals surface area contributed by atoms with Crippen LogP contribution >= 0.6 is 0 Å². The van der Waals surface area contributed by atoms with E-state index >= 15 is 0 Å². The van der Waals surface area contributed by atoms with Crippen LogP contribution < -0.4 is 4.74 Å². The van der Waals surface area contributed by atoms with Crippen molar-refractivity contribution in [3.05, 3.63) is 47.8 Å². The molecule has 0 aliphatic carbocycles. The number of hydrogen-bond acceptors (Lipinski definition) is 3. The quantitative estimate of drug-likeness (QED) is 0.819. The third kappa shape index (κ3) is 3.78. The van der Waals surface area contributed by atoms with Crippen molar-refractivity contribution in [2.75, 3.05) is 13.7 Å². The molecule has 2 heterocycles. The first-order valence-electron chi connectivity index (χ1n) is 8.58. The van der Waals surface area contributed by atoms with Gasteiger partial charge in [0, 0.05) is 31.8 Å². The van der Waals surface area contributed by atoms with Crippen molar-refractivity contribution in [3.63, 3.8) is 0 Å². The fraction of sp³-hybridized carbons (Fsp3) is 0.474. The van der Waals surface area contributed by atoms with Crippen LogP contribution in [0.4, 0.5) is 0 Å². The summed E-state index contributed by atoms with van der Waals surface area (Å²) >= 11 is 0. The van der Waals surface area contributed by atoms with Gasteiger partial charge in [-0.05, 0) is 43.4 Å². The summed E-state index contributed by atoms with van der Waals surface area (Å²) in [5.41, 5.74) is 2.40. The van der Waals surface area contributed by atoms with E-state index in [1.807, 2.05) is 36.5 Å². The van der Waals surface area contributed by atoms with E-state index in [-0.39, 0.29) is 11.9 Å². The summed E-state index contributed by atoms with van der Waals surface area (Å²) in [7, 11) is 3.59. The fourth-order valence-electron chi connectivity index (χ4n) is 3.40. The molecule has 1 aromatic carbocycles. The third-order valence-electron chi connectivity index (χ3n) is 4.70. The number of ether oxygens (including phenoxy) is 1. The van der Waals surface area contributed by atoms with Crippen LogP contribution in [0.15, 0.2) is 36.7 Å². The van der Waals surface area contributed by atoms with Gasteiger partial charge in [0.15, 0.2) is 0 Å². The number of nitrogens with zero attached hydrogens (tertiary/aromatic N) is 3. The maximum Gasteiger partial charge on any atom is 0.223 e. The van der Waals surface area contributed by atoms with E-state index in [0.29, 0.717) is 6.42 Å². The van der Waals surface area contributed by atoms with Gasteiger partial charge in [-0.2, -0.15) is 5.10 Å². The van der Waals surface area contributed by atoms with Crippen LogP contribution in [-0.2, 0) is 18.3 Å². The second kappa shape index (κ2) is 7.51. The van der Waals surface area contributed by atoms with Gasteiger partial charge in [-0.1, -0.05) is 12.1 Å². The van der Waals surface area contributed by atoms with Crippen LogP contribution in [0.5, 0.6) is 5.75 Å². The highest BCUT2D eigenvalue weighted by atomic mass is 16.5. The lowest BCUT2D eigenvalue weighted by atomic mass is 10.1. The van der Waals surface area contributed by atoms with Gasteiger partial charge in [0.05, 0.1) is 19.3 Å². The van der Waals surface area contributed by atoms with E-state index < -0.39 is 0 Å². The highest BCUT2D eigenvalue weighted by molar-refractivity contribution is 5.77. The number of carbonyl (C=O) groups is 1. The van der Waals surface area contributed by atoms with Crippen LogP contribution in [0, 0.1) is 0 Å². The topological polar surface area (TPSA) is 47.4 Å². The summed E-state index contributed by atoms with van der Waals surface area (Å²) in [6, 6.07) is 8.27. The number of methoxy groups -OCH3 is 1. The fourth-order valence-corrected chi connectivity index (χ4v) is 3.40. The molecule has 1 aliphatic rings. The molecule has 128 valence electrons. The molecule has 0 spiro atoms. The minimum absolute atomic E-state index is 0.201. The molecule has 0 saturated carbocycles. The van der Waals surface area contributed by atoms with Gasteiger partial charge in [-0.3, -0.25) is 9.48 Å². The normalized spacial score (nSPS) is 17.2. The maximum atomic E-state index is 12.6. The molecule has 1 saturated heterocycles. The lowest BCUT2D eigenvalue weighted by Gasteiger charge is -2.24. The molecule has 0 radical (unpaired) electrons. The Morgan fingerprint density at radius 2 is 2.12 bits per heavy atom. The average Bonchev–Trinajstić information content (AvgIpc) is 3.24. The monoisotopic (exact) mass is 327 g/mol. The molecule has 1 aliphatic heterocycles. The number of benzene rings is 1. The van der Waals surface area contributed by atoms with Crippen LogP contribution in [0.25, 0.3) is 0 Å². The van der Waals surface area contributed by atoms with E-state index in [2.05, 4.69) is 17.2 Å². The SMILES string of the molecule is COc1ccc(CCCC(=O)N2CCC[C@H]2c2cnn(C)c2)cc1. The predicted octanol–water partition coefficient (Wildman–Crippen LogP) is 3.12. The Morgan fingerprint density at radius 3 is 2.79 bits per heavy atom. The van der Waals surface area contributed by atoms with Crippen LogP contribution in [0.2, 0.25) is 0 Å². The Kier molecular flexibility index (Phi) is 5.18. The second-order valence-corrected chi connectivity index (χ2v) is 6.39. The van der Waals surface area contributed by atoms with Crippen molar-refractivity contribution in [1.82, 2.24) is 14.7 Å². The third-order valence-corrected chi connectivity index (χ3v) is 4.70. The molecule has 5 heteroatoms. The first-order chi connectivity index (χ1) is 11.7. The Balaban J connectivity index is 1.52. The van der Waals surface area contributed by atoms with Gasteiger partial charge >= 0.3 is 0 Å². The molecule has 0 bridgehead atoms. The first kappa shape index (κ1) is 16.6. The van der Waals surface area contributed by atoms with Crippen molar-refractivity contribution in [2.24, 2.45) is 7.05 Å². The van der Waals surface area contributed by atoms with Gasteiger partial charge < -0.3 is 9.64 Å². The number of amides is 1. The molecule has 3 rings (SSSR count). The molecule has 1 amide bonds. The zero-order valence-corrected chi connectivity index (χ0v) is 14.4. The highest BCUT2D eigenvalue weighted by Crippen LogP contribution is 2.32. The van der Waals surface area contributed by atoms with Crippen LogP contribution in [-0.4, -0.2) is 34.2 Å². The Labute approximate surface area is 143 Å². The number of aryl methyl sites for hydroxylation is 2. The van der Waals surface area contributed by atoms with Gasteiger partial charge in [-0.15, -0.1) is 0 Å². The van der Waals surface area contributed by atoms with Gasteiger partial charge in [0.2, 0.25) is 5.91 Å². The van der Waals surface area contributed by atoms with E-state index in [9.17, 15) is 4.79 Å². The molecule has 2 aromatic rings. The maximum absolute atomic E-state index is 12.6. The molecule has 0 unspecified atom stereocenters. The van der Waals surface area contributed by atoms with Crippen molar-refractivity contribution in [1.29, 1.82) is 0 Å². The van der Waals surface area contributed by atoms with Gasteiger partial charge in [-0.25, -0.2) is 0 Å². The zero-order valence-electron chi connectivity index (χ0n) is 14.4. The molecular weight excluding hydrogens is 302 g/mol. The number of rotatable bonds is 6. The zero-order chi connectivity index (χ0) is 16.9. The van der Waals surface area contributed by atoms with Crippen molar-refractivity contribution in [3.8, 4) is 5.75 Å². The molecule has 24 heavy (non-hydrogen) atoms. The lowest BCUT2D eigenvalue weighted by molar-refractivity contribution is -0.132. The van der Waals surface area contributed by atoms with Crippen molar-refractivity contribution in [2.45, 2.75) is 38.1 Å². The Morgan fingerprint density at radius 1 is 1.33 bits per heavy atom. The highest BCUT2D eigenvalue weighted by Gasteiger charge is 2.30.